The second kappa shape index (κ2) is 10.3. The number of rotatable bonds is 6. The first kappa shape index (κ1) is 27.2. The molecule has 1 amide bonds. The van der Waals surface area contributed by atoms with Gasteiger partial charge in [-0.2, -0.15) is 0 Å². The maximum absolute atomic E-state index is 13.4. The number of ether oxygens (including phenoxy) is 1. The topological polar surface area (TPSA) is 129 Å². The lowest BCUT2D eigenvalue weighted by atomic mass is 10.0. The number of carbonyl (C=O) groups is 1. The molecule has 3 aromatic heterocycles. The van der Waals surface area contributed by atoms with E-state index >= 15 is 0 Å². The molecule has 5 heterocycles. The lowest BCUT2D eigenvalue weighted by Crippen LogP contribution is -2.45. The van der Waals surface area contributed by atoms with Crippen molar-refractivity contribution in [1.29, 1.82) is 0 Å². The highest BCUT2D eigenvalue weighted by Gasteiger charge is 2.30. The molecular weight excluding hydrogens is 554 g/mol. The van der Waals surface area contributed by atoms with Gasteiger partial charge in [-0.1, -0.05) is 0 Å². The van der Waals surface area contributed by atoms with Crippen molar-refractivity contribution in [1.82, 2.24) is 24.0 Å². The fraction of sp³-hybridized carbons (Fsp3) is 0.500. The minimum absolute atomic E-state index is 0.00712. The van der Waals surface area contributed by atoms with E-state index in [1.165, 1.54) is 4.31 Å². The van der Waals surface area contributed by atoms with Crippen LogP contribution in [-0.2, 0) is 23.6 Å². The van der Waals surface area contributed by atoms with Crippen LogP contribution >= 0.6 is 0 Å². The maximum Gasteiger partial charge on any atom is 0.254 e. The molecule has 1 atom stereocenters. The number of nitrogens with zero attached hydrogens (tertiary/aromatic N) is 6. The van der Waals surface area contributed by atoms with Gasteiger partial charge >= 0.3 is 0 Å². The number of imidazole rings is 1. The molecule has 2 N–H and O–H groups in total. The van der Waals surface area contributed by atoms with Gasteiger partial charge in [0.2, 0.25) is 10.0 Å². The van der Waals surface area contributed by atoms with Crippen molar-refractivity contribution in [3.63, 3.8) is 0 Å². The summed E-state index contributed by atoms with van der Waals surface area (Å²) in [6, 6.07) is 9.47. The van der Waals surface area contributed by atoms with E-state index in [9.17, 15) is 13.2 Å². The largest absolute Gasteiger partial charge is 0.494 e. The molecule has 0 unspecified atom stereocenters. The van der Waals surface area contributed by atoms with E-state index in [1.54, 1.807) is 19.2 Å². The van der Waals surface area contributed by atoms with Crippen LogP contribution in [0, 0.1) is 5.92 Å². The second-order valence-corrected chi connectivity index (χ2v) is 14.0. The molecule has 4 aromatic rings. The van der Waals surface area contributed by atoms with Crippen LogP contribution in [0.4, 0.5) is 5.82 Å². The molecule has 12 heteroatoms. The summed E-state index contributed by atoms with van der Waals surface area (Å²) >= 11 is 0. The minimum Gasteiger partial charge on any atom is -0.494 e. The zero-order valence-corrected chi connectivity index (χ0v) is 24.9. The van der Waals surface area contributed by atoms with Crippen LogP contribution in [0.3, 0.4) is 0 Å². The minimum atomic E-state index is -3.38. The van der Waals surface area contributed by atoms with Crippen molar-refractivity contribution in [2.45, 2.75) is 51.1 Å². The monoisotopic (exact) mass is 591 g/mol. The van der Waals surface area contributed by atoms with Crippen LogP contribution in [0.25, 0.3) is 33.6 Å². The number of aromatic nitrogens is 4. The zero-order chi connectivity index (χ0) is 29.2. The number of anilines is 1. The molecule has 0 bridgehead atoms. The second-order valence-electron chi connectivity index (χ2n) is 12.0. The van der Waals surface area contributed by atoms with Crippen molar-refractivity contribution >= 4 is 43.8 Å². The van der Waals surface area contributed by atoms with Crippen LogP contribution in [0.1, 0.15) is 48.9 Å². The average molecular weight is 592 g/mol. The van der Waals surface area contributed by atoms with Gasteiger partial charge in [-0.15, -0.1) is 0 Å². The maximum atomic E-state index is 13.4. The van der Waals surface area contributed by atoms with Crippen molar-refractivity contribution in [3.05, 3.63) is 35.9 Å². The van der Waals surface area contributed by atoms with Gasteiger partial charge in [0.05, 0.1) is 24.1 Å². The lowest BCUT2D eigenvalue weighted by molar-refractivity contribution is 0.0708. The summed E-state index contributed by atoms with van der Waals surface area (Å²) in [5.74, 6) is 2.42. The molecule has 42 heavy (non-hydrogen) atoms. The number of hydrogen-bond donors (Lipinski definition) is 1. The van der Waals surface area contributed by atoms with Crippen LogP contribution in [-0.4, -0.2) is 76.9 Å². The molecule has 2 aliphatic heterocycles. The zero-order valence-electron chi connectivity index (χ0n) is 24.1. The van der Waals surface area contributed by atoms with Gasteiger partial charge in [0.1, 0.15) is 22.7 Å². The van der Waals surface area contributed by atoms with Crippen LogP contribution in [0.15, 0.2) is 30.3 Å². The van der Waals surface area contributed by atoms with Crippen molar-refractivity contribution in [2.24, 2.45) is 18.7 Å². The molecule has 1 aliphatic carbocycles. The van der Waals surface area contributed by atoms with Gasteiger partial charge < -0.3 is 24.5 Å². The van der Waals surface area contributed by atoms with Crippen molar-refractivity contribution < 1.29 is 17.9 Å². The molecule has 3 fully saturated rings. The Morgan fingerprint density at radius 1 is 1.07 bits per heavy atom. The molecule has 7 rings (SSSR count). The van der Waals surface area contributed by atoms with E-state index in [1.807, 2.05) is 28.6 Å². The number of hydrogen-bond acceptors (Lipinski definition) is 7. The Labute approximate surface area is 245 Å². The molecule has 222 valence electrons. The van der Waals surface area contributed by atoms with Gasteiger partial charge in [-0.05, 0) is 74.8 Å². The van der Waals surface area contributed by atoms with Crippen molar-refractivity contribution in [2.75, 3.05) is 36.8 Å². The number of aryl methyl sites for hydroxylation is 1. The number of fused-ring (bicyclic) bond motifs is 2. The molecule has 2 saturated heterocycles. The van der Waals surface area contributed by atoms with Gasteiger partial charge in [-0.25, -0.2) is 18.4 Å². The number of carbonyl (C=O) groups excluding carboxylic acids is 1. The third kappa shape index (κ3) is 4.70. The van der Waals surface area contributed by atoms with Gasteiger partial charge in [0.25, 0.3) is 5.91 Å². The third-order valence-electron chi connectivity index (χ3n) is 8.85. The Bertz CT molecular complexity index is 1810. The highest BCUT2D eigenvalue weighted by molar-refractivity contribution is 7.92. The number of nitrogens with two attached hydrogens (primary N) is 1. The van der Waals surface area contributed by atoms with Gasteiger partial charge in [-0.3, -0.25) is 9.10 Å². The summed E-state index contributed by atoms with van der Waals surface area (Å²) in [6.45, 7) is 2.46. The van der Waals surface area contributed by atoms with E-state index < -0.39 is 10.0 Å². The smallest absolute Gasteiger partial charge is 0.254 e. The highest BCUT2D eigenvalue weighted by Crippen LogP contribution is 2.38. The van der Waals surface area contributed by atoms with Crippen LogP contribution < -0.4 is 14.8 Å². The summed E-state index contributed by atoms with van der Waals surface area (Å²) in [4.78, 5) is 25.2. The Balaban J connectivity index is 1.34. The standard InChI is InChI=1S/C30H37N7O4S/c1-34-27-23(14-21(16-25(27)41-2)30(38)35-11-5-6-22(31)18-35)32-29(34)24-15-20-9-10-26(37-12-3-4-13-42(37,39)40)33-28(20)36(24)17-19-7-8-19/h9-10,14-16,19,22H,3-8,11-13,17-18,31H2,1-2H3/t22-/m1/s1. The lowest BCUT2D eigenvalue weighted by Gasteiger charge is -2.30. The third-order valence-corrected chi connectivity index (χ3v) is 10.7. The van der Waals surface area contributed by atoms with E-state index in [4.69, 9.17) is 20.4 Å². The summed E-state index contributed by atoms with van der Waals surface area (Å²) in [5.41, 5.74) is 9.82. The predicted molar refractivity (Wildman–Crippen MR) is 162 cm³/mol. The fourth-order valence-corrected chi connectivity index (χ4v) is 8.01. The number of sulfonamides is 1. The van der Waals surface area contributed by atoms with E-state index in [0.717, 1.165) is 66.7 Å². The number of amides is 1. The molecule has 1 saturated carbocycles. The van der Waals surface area contributed by atoms with E-state index in [2.05, 4.69) is 10.6 Å². The molecular formula is C30H37N7O4S. The SMILES string of the molecule is COc1cc(C(=O)N2CCC[C@@H](N)C2)cc2nc(-c3cc4ccc(N5CCCCS5(=O)=O)nc4n3CC3CC3)n(C)c12. The Morgan fingerprint density at radius 2 is 1.90 bits per heavy atom. The predicted octanol–water partition coefficient (Wildman–Crippen LogP) is 3.50. The van der Waals surface area contributed by atoms with Crippen LogP contribution in [0.5, 0.6) is 5.75 Å². The van der Waals surface area contributed by atoms with Crippen molar-refractivity contribution in [3.8, 4) is 17.3 Å². The first-order valence-electron chi connectivity index (χ1n) is 14.8. The average Bonchev–Trinajstić information content (AvgIpc) is 3.65. The molecule has 0 radical (unpaired) electrons. The normalized spacial score (nSPS) is 20.9. The van der Waals surface area contributed by atoms with Gasteiger partial charge in [0, 0.05) is 50.2 Å². The first-order valence-corrected chi connectivity index (χ1v) is 16.4. The van der Waals surface area contributed by atoms with Gasteiger partial charge in [0.15, 0.2) is 5.82 Å². The molecule has 11 nitrogen and oxygen atoms in total. The number of methoxy groups -OCH3 is 1. The van der Waals surface area contributed by atoms with Crippen LogP contribution in [0.2, 0.25) is 0 Å². The quantitative estimate of drug-likeness (QED) is 0.363. The molecule has 3 aliphatic rings. The summed E-state index contributed by atoms with van der Waals surface area (Å²) < 4.78 is 37.1. The summed E-state index contributed by atoms with van der Waals surface area (Å²) in [5, 5.41) is 0.931. The summed E-state index contributed by atoms with van der Waals surface area (Å²) in [6.07, 6.45) is 5.63. The molecule has 1 aromatic carbocycles. The number of likely N-dealkylation sites (tertiary alicyclic amines) is 1. The number of benzene rings is 1. The Hall–Kier alpha value is -3.64. The first-order chi connectivity index (χ1) is 20.2. The Morgan fingerprint density at radius 3 is 2.64 bits per heavy atom. The number of piperidine rings is 1. The number of pyridine rings is 1. The molecule has 0 spiro atoms. The fourth-order valence-electron chi connectivity index (χ4n) is 6.43. The van der Waals surface area contributed by atoms with E-state index in [0.29, 0.717) is 54.6 Å². The Kier molecular flexibility index (Phi) is 6.65. The van der Waals surface area contributed by atoms with E-state index in [-0.39, 0.29) is 17.7 Å². The highest BCUT2D eigenvalue weighted by atomic mass is 32.2. The summed E-state index contributed by atoms with van der Waals surface area (Å²) in [7, 11) is 0.188.